The summed E-state index contributed by atoms with van der Waals surface area (Å²) in [5.74, 6) is 1.29. The summed E-state index contributed by atoms with van der Waals surface area (Å²) in [6.45, 7) is 7.97. The summed E-state index contributed by atoms with van der Waals surface area (Å²) < 4.78 is 5.69. The summed E-state index contributed by atoms with van der Waals surface area (Å²) in [6, 6.07) is 0. The van der Waals surface area contributed by atoms with Crippen molar-refractivity contribution in [2.45, 2.75) is 51.6 Å². The van der Waals surface area contributed by atoms with Crippen LogP contribution in [-0.4, -0.2) is 37.7 Å². The molecule has 2 aliphatic heterocycles. The molecule has 5 heteroatoms. The van der Waals surface area contributed by atoms with E-state index in [2.05, 4.69) is 24.5 Å². The van der Waals surface area contributed by atoms with Crippen LogP contribution in [0.1, 0.15) is 46.0 Å². The molecule has 0 radical (unpaired) electrons. The Labute approximate surface area is 128 Å². The lowest BCUT2D eigenvalue weighted by molar-refractivity contribution is -0.123. The number of carbonyl (C=O) groups is 1. The van der Waals surface area contributed by atoms with Crippen molar-refractivity contribution in [3.05, 3.63) is 0 Å². The minimum absolute atomic E-state index is 0. The van der Waals surface area contributed by atoms with E-state index >= 15 is 0 Å². The van der Waals surface area contributed by atoms with Gasteiger partial charge in [0.05, 0.1) is 5.60 Å². The van der Waals surface area contributed by atoms with E-state index in [1.165, 1.54) is 12.8 Å². The van der Waals surface area contributed by atoms with Crippen molar-refractivity contribution in [3.8, 4) is 0 Å². The number of carbonyl (C=O) groups excluding carboxylic acids is 1. The minimum Gasteiger partial charge on any atom is -0.373 e. The molecule has 118 valence electrons. The number of hydrogen-bond donors (Lipinski definition) is 2. The molecule has 0 spiro atoms. The zero-order chi connectivity index (χ0) is 13.7. The van der Waals surface area contributed by atoms with E-state index in [4.69, 9.17) is 4.74 Å². The Balaban J connectivity index is 0.00000200. The van der Waals surface area contributed by atoms with Crippen LogP contribution in [0.2, 0.25) is 0 Å². The summed E-state index contributed by atoms with van der Waals surface area (Å²) in [4.78, 5) is 12.0. The van der Waals surface area contributed by atoms with Gasteiger partial charge in [0.1, 0.15) is 0 Å². The van der Waals surface area contributed by atoms with Gasteiger partial charge in [-0.1, -0.05) is 6.92 Å². The minimum atomic E-state index is -0.134. The molecule has 4 nitrogen and oxygen atoms in total. The Kier molecular flexibility index (Phi) is 7.27. The van der Waals surface area contributed by atoms with Crippen LogP contribution in [0.25, 0.3) is 0 Å². The average Bonchev–Trinajstić information content (AvgIpc) is 2.85. The van der Waals surface area contributed by atoms with E-state index in [-0.39, 0.29) is 23.9 Å². The normalized spacial score (nSPS) is 31.4. The topological polar surface area (TPSA) is 50.4 Å². The van der Waals surface area contributed by atoms with Gasteiger partial charge in [-0.05, 0) is 57.5 Å². The number of nitrogens with one attached hydrogen (secondary N) is 2. The van der Waals surface area contributed by atoms with Crippen molar-refractivity contribution in [1.29, 1.82) is 0 Å². The van der Waals surface area contributed by atoms with Crippen molar-refractivity contribution in [2.24, 2.45) is 11.8 Å². The monoisotopic (exact) mass is 304 g/mol. The third-order valence-corrected chi connectivity index (χ3v) is 4.61. The van der Waals surface area contributed by atoms with Crippen molar-refractivity contribution < 1.29 is 9.53 Å². The lowest BCUT2D eigenvalue weighted by Gasteiger charge is -2.28. The zero-order valence-electron chi connectivity index (χ0n) is 12.7. The van der Waals surface area contributed by atoms with Gasteiger partial charge in [0.25, 0.3) is 0 Å². The van der Waals surface area contributed by atoms with Gasteiger partial charge in [0.15, 0.2) is 0 Å². The van der Waals surface area contributed by atoms with E-state index in [0.717, 1.165) is 32.5 Å². The van der Waals surface area contributed by atoms with Crippen LogP contribution >= 0.6 is 12.4 Å². The molecule has 0 aliphatic carbocycles. The Morgan fingerprint density at radius 1 is 1.50 bits per heavy atom. The fourth-order valence-corrected chi connectivity index (χ4v) is 3.16. The number of amides is 1. The van der Waals surface area contributed by atoms with Gasteiger partial charge in [0.2, 0.25) is 5.91 Å². The van der Waals surface area contributed by atoms with Crippen molar-refractivity contribution in [1.82, 2.24) is 10.6 Å². The van der Waals surface area contributed by atoms with E-state index in [9.17, 15) is 4.79 Å². The molecule has 0 saturated carbocycles. The van der Waals surface area contributed by atoms with Gasteiger partial charge < -0.3 is 15.4 Å². The third-order valence-electron chi connectivity index (χ3n) is 4.61. The number of rotatable bonds is 5. The Bertz CT molecular complexity index is 300. The van der Waals surface area contributed by atoms with Crippen LogP contribution in [0, 0.1) is 11.8 Å². The van der Waals surface area contributed by atoms with Crippen molar-refractivity contribution in [3.63, 3.8) is 0 Å². The van der Waals surface area contributed by atoms with Crippen LogP contribution in [0.4, 0.5) is 0 Å². The molecule has 0 aromatic rings. The summed E-state index contributed by atoms with van der Waals surface area (Å²) in [7, 11) is 0. The molecule has 2 aliphatic rings. The lowest BCUT2D eigenvalue weighted by atomic mass is 9.85. The Morgan fingerprint density at radius 3 is 2.90 bits per heavy atom. The maximum atomic E-state index is 12.0. The van der Waals surface area contributed by atoms with Gasteiger partial charge in [-0.2, -0.15) is 0 Å². The van der Waals surface area contributed by atoms with Crippen LogP contribution in [0.5, 0.6) is 0 Å². The molecular formula is C15H29ClN2O2. The second-order valence-electron chi connectivity index (χ2n) is 6.47. The van der Waals surface area contributed by atoms with Crippen molar-refractivity contribution in [2.75, 3.05) is 26.2 Å². The Hall–Kier alpha value is -0.320. The number of ether oxygens (including phenoxy) is 1. The van der Waals surface area contributed by atoms with Gasteiger partial charge in [0, 0.05) is 19.6 Å². The third kappa shape index (κ3) is 5.23. The van der Waals surface area contributed by atoms with E-state index in [1.807, 2.05) is 0 Å². The summed E-state index contributed by atoms with van der Waals surface area (Å²) in [5, 5.41) is 6.47. The molecule has 3 atom stereocenters. The van der Waals surface area contributed by atoms with E-state index in [1.54, 1.807) is 0 Å². The van der Waals surface area contributed by atoms with Crippen LogP contribution < -0.4 is 10.6 Å². The largest absolute Gasteiger partial charge is 0.373 e. The zero-order valence-corrected chi connectivity index (χ0v) is 13.6. The predicted molar refractivity (Wildman–Crippen MR) is 83.2 cm³/mol. The molecule has 0 aromatic carbocycles. The fraction of sp³-hybridized carbons (Fsp3) is 0.933. The molecule has 2 N–H and O–H groups in total. The SMILES string of the molecule is CC(CC(=O)NCC1(C)CCCO1)C1CCCNC1.Cl. The molecular weight excluding hydrogens is 276 g/mol. The highest BCUT2D eigenvalue weighted by molar-refractivity contribution is 5.85. The highest BCUT2D eigenvalue weighted by Gasteiger charge is 2.30. The quantitative estimate of drug-likeness (QED) is 0.818. The Morgan fingerprint density at radius 2 is 2.30 bits per heavy atom. The summed E-state index contributed by atoms with van der Waals surface area (Å²) in [5.41, 5.74) is -0.134. The first-order valence-electron chi connectivity index (χ1n) is 7.70. The number of piperidine rings is 1. The predicted octanol–water partition coefficient (Wildman–Crippen LogP) is 2.12. The second kappa shape index (κ2) is 8.20. The van der Waals surface area contributed by atoms with Gasteiger partial charge in [-0.25, -0.2) is 0 Å². The summed E-state index contributed by atoms with van der Waals surface area (Å²) >= 11 is 0. The lowest BCUT2D eigenvalue weighted by Crippen LogP contribution is -2.41. The highest BCUT2D eigenvalue weighted by Crippen LogP contribution is 2.25. The standard InChI is InChI=1S/C15H28N2O2.ClH/c1-12(13-5-3-7-16-10-13)9-14(18)17-11-15(2)6-4-8-19-15;/h12-13,16H,3-11H2,1-2H3,(H,17,18);1H. The number of halogens is 1. The second-order valence-corrected chi connectivity index (χ2v) is 6.47. The van der Waals surface area contributed by atoms with E-state index < -0.39 is 0 Å². The first kappa shape index (κ1) is 17.7. The smallest absolute Gasteiger partial charge is 0.220 e. The average molecular weight is 305 g/mol. The molecule has 0 aromatic heterocycles. The van der Waals surface area contributed by atoms with Gasteiger partial charge in [-0.3, -0.25) is 4.79 Å². The van der Waals surface area contributed by atoms with Crippen molar-refractivity contribution >= 4 is 18.3 Å². The maximum Gasteiger partial charge on any atom is 0.220 e. The van der Waals surface area contributed by atoms with Crippen LogP contribution in [0.3, 0.4) is 0 Å². The molecule has 20 heavy (non-hydrogen) atoms. The van der Waals surface area contributed by atoms with Gasteiger partial charge >= 0.3 is 0 Å². The maximum absolute atomic E-state index is 12.0. The number of hydrogen-bond acceptors (Lipinski definition) is 3. The molecule has 2 fully saturated rings. The molecule has 0 bridgehead atoms. The molecule has 3 unspecified atom stereocenters. The molecule has 2 rings (SSSR count). The molecule has 2 heterocycles. The van der Waals surface area contributed by atoms with E-state index in [0.29, 0.717) is 24.8 Å². The highest BCUT2D eigenvalue weighted by atomic mass is 35.5. The van der Waals surface area contributed by atoms with Crippen LogP contribution in [0.15, 0.2) is 0 Å². The first-order valence-corrected chi connectivity index (χ1v) is 7.70. The molecule has 2 saturated heterocycles. The first-order chi connectivity index (χ1) is 9.09. The van der Waals surface area contributed by atoms with Crippen LogP contribution in [-0.2, 0) is 9.53 Å². The summed E-state index contributed by atoms with van der Waals surface area (Å²) in [6.07, 6.45) is 5.29. The molecule has 1 amide bonds. The fourth-order valence-electron chi connectivity index (χ4n) is 3.16. The van der Waals surface area contributed by atoms with Gasteiger partial charge in [-0.15, -0.1) is 12.4 Å².